The fourth-order valence-electron chi connectivity index (χ4n) is 1.99. The lowest BCUT2D eigenvalue weighted by molar-refractivity contribution is 0.652. The van der Waals surface area contributed by atoms with Crippen molar-refractivity contribution in [3.8, 4) is 0 Å². The molecule has 0 radical (unpaired) electrons. The van der Waals surface area contributed by atoms with E-state index in [4.69, 9.17) is 11.6 Å². The van der Waals surface area contributed by atoms with Gasteiger partial charge >= 0.3 is 0 Å². The summed E-state index contributed by atoms with van der Waals surface area (Å²) in [6.45, 7) is 5.43. The van der Waals surface area contributed by atoms with Gasteiger partial charge in [0.1, 0.15) is 0 Å². The molecule has 0 aliphatic rings. The van der Waals surface area contributed by atoms with Crippen molar-refractivity contribution in [3.63, 3.8) is 0 Å². The number of nitrogens with one attached hydrogen (secondary N) is 1. The van der Waals surface area contributed by atoms with Crippen LogP contribution in [0.15, 0.2) is 18.2 Å². The van der Waals surface area contributed by atoms with Gasteiger partial charge in [-0.3, -0.25) is 0 Å². The number of anilines is 1. The molecule has 0 fully saturated rings. The van der Waals surface area contributed by atoms with Crippen molar-refractivity contribution >= 4 is 17.3 Å². The largest absolute Gasteiger partial charge is 0.375 e. The maximum absolute atomic E-state index is 6.34. The van der Waals surface area contributed by atoms with Gasteiger partial charge in [0, 0.05) is 30.3 Å². The maximum Gasteiger partial charge on any atom is 0.0474 e. The van der Waals surface area contributed by atoms with E-state index >= 15 is 0 Å². The number of unbranched alkanes of at least 4 members (excludes halogenated alkanes) is 2. The molecule has 1 rings (SSSR count). The molecule has 1 aromatic carbocycles. The molecule has 102 valence electrons. The summed E-state index contributed by atoms with van der Waals surface area (Å²) in [7, 11) is 4.08. The van der Waals surface area contributed by atoms with Crippen LogP contribution in [-0.4, -0.2) is 20.6 Å². The minimum atomic E-state index is 0.289. The second-order valence-corrected chi connectivity index (χ2v) is 5.25. The Kier molecular flexibility index (Phi) is 6.51. The summed E-state index contributed by atoms with van der Waals surface area (Å²) in [6.07, 6.45) is 3.78. The third-order valence-electron chi connectivity index (χ3n) is 3.42. The Morgan fingerprint density at radius 3 is 2.61 bits per heavy atom. The van der Waals surface area contributed by atoms with Gasteiger partial charge in [-0.25, -0.2) is 0 Å². The van der Waals surface area contributed by atoms with Crippen LogP contribution in [0.3, 0.4) is 0 Å². The van der Waals surface area contributed by atoms with Crippen LogP contribution >= 0.6 is 11.6 Å². The highest BCUT2D eigenvalue weighted by Gasteiger charge is 2.09. The van der Waals surface area contributed by atoms with Crippen molar-refractivity contribution < 1.29 is 0 Å². The first-order valence-electron chi connectivity index (χ1n) is 6.78. The fraction of sp³-hybridized carbons (Fsp3) is 0.600. The Bertz CT molecular complexity index is 366. The molecular formula is C15H25ClN2. The molecule has 3 heteroatoms. The number of hydrogen-bond donors (Lipinski definition) is 1. The Morgan fingerprint density at radius 1 is 1.33 bits per heavy atom. The molecule has 1 N–H and O–H groups in total. The summed E-state index contributed by atoms with van der Waals surface area (Å²) in [6, 6.07) is 6.63. The number of rotatable bonds is 7. The van der Waals surface area contributed by atoms with Crippen LogP contribution in [0.5, 0.6) is 0 Å². The van der Waals surface area contributed by atoms with E-state index in [2.05, 4.69) is 49.3 Å². The summed E-state index contributed by atoms with van der Waals surface area (Å²) in [4.78, 5) is 2.27. The molecule has 1 aromatic rings. The summed E-state index contributed by atoms with van der Waals surface area (Å²) in [5.74, 6) is 0. The molecule has 1 atom stereocenters. The van der Waals surface area contributed by atoms with Crippen LogP contribution < -0.4 is 10.2 Å². The van der Waals surface area contributed by atoms with Crippen LogP contribution in [0.25, 0.3) is 0 Å². The van der Waals surface area contributed by atoms with Crippen molar-refractivity contribution in [2.75, 3.05) is 25.5 Å². The van der Waals surface area contributed by atoms with Gasteiger partial charge in [-0.2, -0.15) is 0 Å². The zero-order chi connectivity index (χ0) is 13.5. The van der Waals surface area contributed by atoms with Crippen molar-refractivity contribution in [1.82, 2.24) is 5.32 Å². The smallest absolute Gasteiger partial charge is 0.0474 e. The van der Waals surface area contributed by atoms with E-state index in [1.807, 2.05) is 7.05 Å². The third-order valence-corrected chi connectivity index (χ3v) is 3.75. The molecule has 0 aromatic heterocycles. The highest BCUT2D eigenvalue weighted by molar-refractivity contribution is 6.31. The summed E-state index contributed by atoms with van der Waals surface area (Å²) >= 11 is 6.34. The SMILES string of the molecule is CCCCCN(C)c1ccc(C(C)NC)c(Cl)c1. The topological polar surface area (TPSA) is 15.3 Å². The van der Waals surface area contributed by atoms with Gasteiger partial charge in [0.15, 0.2) is 0 Å². The number of benzene rings is 1. The maximum atomic E-state index is 6.34. The molecule has 1 unspecified atom stereocenters. The van der Waals surface area contributed by atoms with Crippen LogP contribution in [-0.2, 0) is 0 Å². The molecule has 0 spiro atoms. The standard InChI is InChI=1S/C15H25ClN2/c1-5-6-7-10-18(4)13-8-9-14(12(2)17-3)15(16)11-13/h8-9,11-12,17H,5-7,10H2,1-4H3. The Labute approximate surface area is 116 Å². The van der Waals surface area contributed by atoms with Gasteiger partial charge < -0.3 is 10.2 Å². The summed E-state index contributed by atoms with van der Waals surface area (Å²) < 4.78 is 0. The van der Waals surface area contributed by atoms with Gasteiger partial charge in [0.05, 0.1) is 0 Å². The van der Waals surface area contributed by atoms with E-state index in [9.17, 15) is 0 Å². The van der Waals surface area contributed by atoms with E-state index < -0.39 is 0 Å². The molecule has 0 saturated carbocycles. The Morgan fingerprint density at radius 2 is 2.06 bits per heavy atom. The lowest BCUT2D eigenvalue weighted by atomic mass is 10.1. The van der Waals surface area contributed by atoms with Crippen LogP contribution in [0.4, 0.5) is 5.69 Å². The summed E-state index contributed by atoms with van der Waals surface area (Å²) in [5, 5.41) is 4.06. The average molecular weight is 269 g/mol. The zero-order valence-corrected chi connectivity index (χ0v) is 12.7. The molecule has 18 heavy (non-hydrogen) atoms. The van der Waals surface area contributed by atoms with Gasteiger partial charge in [-0.05, 0) is 38.1 Å². The molecule has 0 aliphatic heterocycles. The molecule has 0 bridgehead atoms. The lowest BCUT2D eigenvalue weighted by Gasteiger charge is -2.21. The second kappa shape index (κ2) is 7.65. The van der Waals surface area contributed by atoms with Crippen LogP contribution in [0.2, 0.25) is 5.02 Å². The van der Waals surface area contributed by atoms with Crippen molar-refractivity contribution in [1.29, 1.82) is 0 Å². The number of hydrogen-bond acceptors (Lipinski definition) is 2. The Balaban J connectivity index is 2.71. The first kappa shape index (κ1) is 15.3. The molecule has 0 saturated heterocycles. The molecule has 2 nitrogen and oxygen atoms in total. The van der Waals surface area contributed by atoms with E-state index in [1.54, 1.807) is 0 Å². The minimum absolute atomic E-state index is 0.289. The first-order chi connectivity index (χ1) is 8.60. The van der Waals surface area contributed by atoms with E-state index in [1.165, 1.54) is 24.9 Å². The molecule has 0 amide bonds. The number of nitrogens with zero attached hydrogens (tertiary/aromatic N) is 1. The van der Waals surface area contributed by atoms with Crippen LogP contribution in [0, 0.1) is 0 Å². The van der Waals surface area contributed by atoms with Crippen LogP contribution in [0.1, 0.15) is 44.7 Å². The zero-order valence-electron chi connectivity index (χ0n) is 12.0. The highest BCUT2D eigenvalue weighted by atomic mass is 35.5. The average Bonchev–Trinajstić information content (AvgIpc) is 2.38. The van der Waals surface area contributed by atoms with Crippen molar-refractivity contribution in [2.45, 2.75) is 39.2 Å². The normalized spacial score (nSPS) is 12.5. The molecular weight excluding hydrogens is 244 g/mol. The number of halogens is 1. The third kappa shape index (κ3) is 4.18. The second-order valence-electron chi connectivity index (χ2n) is 4.84. The van der Waals surface area contributed by atoms with E-state index in [-0.39, 0.29) is 6.04 Å². The van der Waals surface area contributed by atoms with Gasteiger partial charge in [0.2, 0.25) is 0 Å². The predicted molar refractivity (Wildman–Crippen MR) is 81.7 cm³/mol. The first-order valence-corrected chi connectivity index (χ1v) is 7.15. The van der Waals surface area contributed by atoms with E-state index in [0.29, 0.717) is 0 Å². The lowest BCUT2D eigenvalue weighted by Crippen LogP contribution is -2.19. The quantitative estimate of drug-likeness (QED) is 0.744. The van der Waals surface area contributed by atoms with Crippen molar-refractivity contribution in [3.05, 3.63) is 28.8 Å². The summed E-state index contributed by atoms with van der Waals surface area (Å²) in [5.41, 5.74) is 2.35. The Hall–Kier alpha value is -0.730. The van der Waals surface area contributed by atoms with Crippen molar-refractivity contribution in [2.24, 2.45) is 0 Å². The molecule has 0 heterocycles. The van der Waals surface area contributed by atoms with Gasteiger partial charge in [0.25, 0.3) is 0 Å². The monoisotopic (exact) mass is 268 g/mol. The van der Waals surface area contributed by atoms with E-state index in [0.717, 1.165) is 17.1 Å². The minimum Gasteiger partial charge on any atom is -0.375 e. The van der Waals surface area contributed by atoms with Gasteiger partial charge in [-0.15, -0.1) is 0 Å². The fourth-order valence-corrected chi connectivity index (χ4v) is 2.33. The van der Waals surface area contributed by atoms with Gasteiger partial charge in [-0.1, -0.05) is 37.4 Å². The highest BCUT2D eigenvalue weighted by Crippen LogP contribution is 2.27. The predicted octanol–water partition coefficient (Wildman–Crippen LogP) is 4.25. The molecule has 0 aliphatic carbocycles.